The van der Waals surface area contributed by atoms with Gasteiger partial charge in [-0.15, -0.1) is 0 Å². The molecule has 1 aromatic heterocycles. The van der Waals surface area contributed by atoms with Crippen LogP contribution in [0.5, 0.6) is 0 Å². The Balaban J connectivity index is 1.68. The van der Waals surface area contributed by atoms with Crippen molar-refractivity contribution in [2.75, 3.05) is 13.1 Å². The Hall–Kier alpha value is -2.36. The van der Waals surface area contributed by atoms with Crippen LogP contribution in [0.1, 0.15) is 34.3 Å². The molecule has 4 heteroatoms. The Morgan fingerprint density at radius 1 is 1.17 bits per heavy atom. The summed E-state index contributed by atoms with van der Waals surface area (Å²) in [6.45, 7) is 3.68. The van der Waals surface area contributed by atoms with Gasteiger partial charge in [-0.05, 0) is 43.7 Å². The van der Waals surface area contributed by atoms with Gasteiger partial charge < -0.3 is 9.47 Å². The van der Waals surface area contributed by atoms with E-state index >= 15 is 0 Å². The lowest BCUT2D eigenvalue weighted by atomic mass is 9.91. The van der Waals surface area contributed by atoms with Crippen LogP contribution < -0.4 is 5.56 Å². The number of pyridine rings is 1. The molecular formula is C20H24N2O2. The summed E-state index contributed by atoms with van der Waals surface area (Å²) in [6, 6.07) is 11.7. The maximum atomic E-state index is 12.7. The summed E-state index contributed by atoms with van der Waals surface area (Å²) in [7, 11) is 1.68. The number of amides is 1. The molecule has 0 radical (unpaired) electrons. The SMILES string of the molecule is Cc1ccc(C[C@H]2CCCN(C(=O)c3ccc(=O)n(C)c3)C2)cc1. The molecule has 0 aliphatic carbocycles. The predicted octanol–water partition coefficient (Wildman–Crippen LogP) is 2.79. The van der Waals surface area contributed by atoms with E-state index in [1.54, 1.807) is 19.3 Å². The Bertz CT molecular complexity index is 777. The van der Waals surface area contributed by atoms with Gasteiger partial charge in [0.15, 0.2) is 0 Å². The fraction of sp³-hybridized carbons (Fsp3) is 0.400. The van der Waals surface area contributed by atoms with Crippen molar-refractivity contribution in [3.63, 3.8) is 0 Å². The van der Waals surface area contributed by atoms with Crippen molar-refractivity contribution < 1.29 is 4.79 Å². The number of carbonyl (C=O) groups excluding carboxylic acids is 1. The lowest BCUT2D eigenvalue weighted by Gasteiger charge is -2.33. The second kappa shape index (κ2) is 7.04. The maximum absolute atomic E-state index is 12.7. The molecule has 1 aliphatic rings. The molecule has 1 amide bonds. The van der Waals surface area contributed by atoms with Gasteiger partial charge in [-0.2, -0.15) is 0 Å². The summed E-state index contributed by atoms with van der Waals surface area (Å²) in [5, 5.41) is 0. The average molecular weight is 324 g/mol. The number of piperidine rings is 1. The first-order valence-electron chi connectivity index (χ1n) is 8.54. The first-order chi connectivity index (χ1) is 11.5. The Morgan fingerprint density at radius 2 is 1.92 bits per heavy atom. The first kappa shape index (κ1) is 16.5. The molecular weight excluding hydrogens is 300 g/mol. The van der Waals surface area contributed by atoms with Gasteiger partial charge in [0.05, 0.1) is 5.56 Å². The zero-order chi connectivity index (χ0) is 17.1. The summed E-state index contributed by atoms with van der Waals surface area (Å²) in [4.78, 5) is 26.1. The molecule has 126 valence electrons. The van der Waals surface area contributed by atoms with Gasteiger partial charge in [-0.25, -0.2) is 0 Å². The van der Waals surface area contributed by atoms with E-state index in [4.69, 9.17) is 0 Å². The lowest BCUT2D eigenvalue weighted by molar-refractivity contribution is 0.0672. The third kappa shape index (κ3) is 3.75. The fourth-order valence-electron chi connectivity index (χ4n) is 3.38. The van der Waals surface area contributed by atoms with E-state index in [9.17, 15) is 9.59 Å². The highest BCUT2D eigenvalue weighted by Gasteiger charge is 2.24. The highest BCUT2D eigenvalue weighted by atomic mass is 16.2. The molecule has 2 heterocycles. The Labute approximate surface area is 142 Å². The molecule has 1 atom stereocenters. The van der Waals surface area contributed by atoms with Gasteiger partial charge in [0.25, 0.3) is 5.91 Å². The maximum Gasteiger partial charge on any atom is 0.255 e. The van der Waals surface area contributed by atoms with Gasteiger partial charge in [0, 0.05) is 32.4 Å². The number of rotatable bonds is 3. The molecule has 2 aromatic rings. The second-order valence-electron chi connectivity index (χ2n) is 6.82. The Morgan fingerprint density at radius 3 is 2.62 bits per heavy atom. The number of nitrogens with zero attached hydrogens (tertiary/aromatic N) is 2. The van der Waals surface area contributed by atoms with Crippen molar-refractivity contribution in [1.29, 1.82) is 0 Å². The van der Waals surface area contributed by atoms with E-state index in [1.165, 1.54) is 21.8 Å². The molecule has 4 nitrogen and oxygen atoms in total. The van der Waals surface area contributed by atoms with Crippen LogP contribution in [0.25, 0.3) is 0 Å². The molecule has 0 bridgehead atoms. The number of aromatic nitrogens is 1. The number of hydrogen-bond acceptors (Lipinski definition) is 2. The summed E-state index contributed by atoms with van der Waals surface area (Å²) in [6.07, 6.45) is 4.84. The van der Waals surface area contributed by atoms with Crippen molar-refractivity contribution in [2.24, 2.45) is 13.0 Å². The van der Waals surface area contributed by atoms with Crippen LogP contribution in [0.2, 0.25) is 0 Å². The molecule has 24 heavy (non-hydrogen) atoms. The standard InChI is InChI=1S/C20H24N2O2/c1-15-5-7-16(8-6-15)12-17-4-3-11-22(13-17)20(24)18-9-10-19(23)21(2)14-18/h5-10,14,17H,3-4,11-13H2,1-2H3/t17-/m1/s1. The monoisotopic (exact) mass is 324 g/mol. The minimum Gasteiger partial charge on any atom is -0.338 e. The molecule has 1 aliphatic heterocycles. The minimum atomic E-state index is -0.0950. The van der Waals surface area contributed by atoms with Crippen molar-refractivity contribution in [2.45, 2.75) is 26.2 Å². The zero-order valence-corrected chi connectivity index (χ0v) is 14.4. The summed E-state index contributed by atoms with van der Waals surface area (Å²) in [5.74, 6) is 0.525. The molecule has 1 saturated heterocycles. The highest BCUT2D eigenvalue weighted by molar-refractivity contribution is 5.94. The van der Waals surface area contributed by atoms with Gasteiger partial charge in [-0.1, -0.05) is 29.8 Å². The molecule has 1 aromatic carbocycles. The third-order valence-electron chi connectivity index (χ3n) is 4.78. The van der Waals surface area contributed by atoms with Gasteiger partial charge in [0.2, 0.25) is 5.56 Å². The number of hydrogen-bond donors (Lipinski definition) is 0. The first-order valence-corrected chi connectivity index (χ1v) is 8.54. The number of benzene rings is 1. The summed E-state index contributed by atoms with van der Waals surface area (Å²) >= 11 is 0. The highest BCUT2D eigenvalue weighted by Crippen LogP contribution is 2.22. The Kier molecular flexibility index (Phi) is 4.84. The fourth-order valence-corrected chi connectivity index (χ4v) is 3.38. The second-order valence-corrected chi connectivity index (χ2v) is 6.82. The van der Waals surface area contributed by atoms with E-state index in [-0.39, 0.29) is 11.5 Å². The van der Waals surface area contributed by atoms with Gasteiger partial charge >= 0.3 is 0 Å². The van der Waals surface area contributed by atoms with Crippen molar-refractivity contribution in [1.82, 2.24) is 9.47 Å². The van der Waals surface area contributed by atoms with Gasteiger partial charge in [-0.3, -0.25) is 9.59 Å². The van der Waals surface area contributed by atoms with Gasteiger partial charge in [0.1, 0.15) is 0 Å². The zero-order valence-electron chi connectivity index (χ0n) is 14.4. The molecule has 0 N–H and O–H groups in total. The number of carbonyl (C=O) groups is 1. The largest absolute Gasteiger partial charge is 0.338 e. The lowest BCUT2D eigenvalue weighted by Crippen LogP contribution is -2.40. The number of aryl methyl sites for hydroxylation is 2. The van der Waals surface area contributed by atoms with Crippen molar-refractivity contribution >= 4 is 5.91 Å². The molecule has 0 spiro atoms. The van der Waals surface area contributed by atoms with Crippen LogP contribution in [-0.4, -0.2) is 28.5 Å². The normalized spacial score (nSPS) is 17.8. The third-order valence-corrected chi connectivity index (χ3v) is 4.78. The van der Waals surface area contributed by atoms with E-state index in [0.717, 1.165) is 32.4 Å². The topological polar surface area (TPSA) is 42.3 Å². The molecule has 1 fully saturated rings. The van der Waals surface area contributed by atoms with E-state index in [1.807, 2.05) is 4.90 Å². The van der Waals surface area contributed by atoms with Crippen LogP contribution in [0.15, 0.2) is 47.4 Å². The quantitative estimate of drug-likeness (QED) is 0.871. The van der Waals surface area contributed by atoms with Crippen LogP contribution in [-0.2, 0) is 13.5 Å². The molecule has 0 unspecified atom stereocenters. The van der Waals surface area contributed by atoms with E-state index in [2.05, 4.69) is 31.2 Å². The van der Waals surface area contributed by atoms with Crippen molar-refractivity contribution in [3.8, 4) is 0 Å². The predicted molar refractivity (Wildman–Crippen MR) is 95.2 cm³/mol. The minimum absolute atomic E-state index is 0.0270. The molecule has 0 saturated carbocycles. The smallest absolute Gasteiger partial charge is 0.255 e. The van der Waals surface area contributed by atoms with Crippen LogP contribution in [0.3, 0.4) is 0 Å². The van der Waals surface area contributed by atoms with Crippen LogP contribution in [0, 0.1) is 12.8 Å². The van der Waals surface area contributed by atoms with E-state index in [0.29, 0.717) is 11.5 Å². The average Bonchev–Trinajstić information content (AvgIpc) is 2.59. The summed E-state index contributed by atoms with van der Waals surface area (Å²) < 4.78 is 1.46. The number of likely N-dealkylation sites (tertiary alicyclic amines) is 1. The van der Waals surface area contributed by atoms with Crippen molar-refractivity contribution in [3.05, 3.63) is 69.6 Å². The van der Waals surface area contributed by atoms with Crippen LogP contribution in [0.4, 0.5) is 0 Å². The summed E-state index contributed by atoms with van der Waals surface area (Å²) in [5.41, 5.74) is 3.10. The molecule has 3 rings (SSSR count). The van der Waals surface area contributed by atoms with Crippen LogP contribution >= 0.6 is 0 Å². The van der Waals surface area contributed by atoms with E-state index < -0.39 is 0 Å².